The van der Waals surface area contributed by atoms with Crippen LogP contribution in [0.15, 0.2) is 77.9 Å². The molecule has 3 aromatic rings. The summed E-state index contributed by atoms with van der Waals surface area (Å²) in [6.45, 7) is 1.99. The first kappa shape index (κ1) is 21.7. The summed E-state index contributed by atoms with van der Waals surface area (Å²) in [7, 11) is 1.51. The molecule has 0 bridgehead atoms. The predicted octanol–water partition coefficient (Wildman–Crippen LogP) is 5.94. The molecule has 0 amide bonds. The zero-order chi connectivity index (χ0) is 21.5. The van der Waals surface area contributed by atoms with Gasteiger partial charge >= 0.3 is 0 Å². The van der Waals surface area contributed by atoms with E-state index in [0.717, 1.165) is 33.9 Å². The number of nitrogen functional groups attached to an aromatic ring is 1. The summed E-state index contributed by atoms with van der Waals surface area (Å²) >= 11 is 7.12. The third-order valence-electron chi connectivity index (χ3n) is 4.19. The second kappa shape index (κ2) is 10.1. The van der Waals surface area contributed by atoms with Crippen molar-refractivity contribution in [3.05, 3.63) is 83.6 Å². The third-order valence-corrected chi connectivity index (χ3v) is 5.25. The van der Waals surface area contributed by atoms with Crippen LogP contribution in [0.3, 0.4) is 0 Å². The van der Waals surface area contributed by atoms with E-state index in [1.54, 1.807) is 24.4 Å². The summed E-state index contributed by atoms with van der Waals surface area (Å²) in [5.41, 5.74) is 8.07. The lowest BCUT2D eigenvalue weighted by Crippen LogP contribution is -2.01. The van der Waals surface area contributed by atoms with Crippen molar-refractivity contribution in [1.29, 1.82) is 0 Å². The number of ether oxygens (including phenoxy) is 1. The number of anilines is 1. The summed E-state index contributed by atoms with van der Waals surface area (Å²) in [4.78, 5) is 8.86. The van der Waals surface area contributed by atoms with E-state index in [-0.39, 0.29) is 5.70 Å². The number of methoxy groups -OCH3 is 1. The molecule has 5 nitrogen and oxygen atoms in total. The minimum absolute atomic E-state index is 0.282. The molecule has 0 saturated heterocycles. The molecule has 0 fully saturated rings. The predicted molar refractivity (Wildman–Crippen MR) is 123 cm³/mol. The fraction of sp³-hybridized carbons (Fsp3) is 0.0909. The first-order valence-electron chi connectivity index (χ1n) is 8.93. The summed E-state index contributed by atoms with van der Waals surface area (Å²) in [5.74, 6) is 0.898. The van der Waals surface area contributed by atoms with Crippen LogP contribution in [0.5, 0.6) is 5.88 Å². The monoisotopic (exact) mass is 442 g/mol. The maximum absolute atomic E-state index is 13.3. The van der Waals surface area contributed by atoms with E-state index >= 15 is 0 Å². The largest absolute Gasteiger partial charge is 0.480 e. The molecule has 8 heteroatoms. The Balaban J connectivity index is 1.68. The van der Waals surface area contributed by atoms with E-state index in [1.165, 1.54) is 13.3 Å². The van der Waals surface area contributed by atoms with Crippen LogP contribution in [0, 0.1) is 0 Å². The standard InChI is InChI=1S/C22H20ClFN4OS/c1-14(15-6-7-16-9-21(25)26-12-17(16)8-15)4-3-5-19(11-24)28-30-20-10-18(23)13-27-22(20)29-2/h3-13,28H,1-2H3,(H2,25,26)/b5-3-,14-4+,19-11-. The number of nitrogens with zero attached hydrogens (tertiary/aromatic N) is 2. The van der Waals surface area contributed by atoms with Gasteiger partial charge in [-0.05, 0) is 59.7 Å². The Morgan fingerprint density at radius 3 is 2.80 bits per heavy atom. The van der Waals surface area contributed by atoms with Crippen LogP contribution < -0.4 is 15.2 Å². The quantitative estimate of drug-likeness (QED) is 0.348. The Kier molecular flexibility index (Phi) is 7.32. The van der Waals surface area contributed by atoms with Gasteiger partial charge in [-0.25, -0.2) is 14.4 Å². The average Bonchev–Trinajstić information content (AvgIpc) is 2.75. The number of allylic oxidation sites excluding steroid dienone is 4. The van der Waals surface area contributed by atoms with Gasteiger partial charge in [0.05, 0.1) is 22.7 Å². The molecule has 154 valence electrons. The van der Waals surface area contributed by atoms with E-state index in [9.17, 15) is 4.39 Å². The lowest BCUT2D eigenvalue weighted by Gasteiger charge is -2.08. The maximum Gasteiger partial charge on any atom is 0.228 e. The van der Waals surface area contributed by atoms with Gasteiger partial charge < -0.3 is 15.2 Å². The Morgan fingerprint density at radius 1 is 1.20 bits per heavy atom. The van der Waals surface area contributed by atoms with Crippen LogP contribution >= 0.6 is 23.5 Å². The van der Waals surface area contributed by atoms with Crippen molar-refractivity contribution in [3.63, 3.8) is 0 Å². The third kappa shape index (κ3) is 5.52. The fourth-order valence-electron chi connectivity index (χ4n) is 2.64. The zero-order valence-electron chi connectivity index (χ0n) is 16.4. The number of rotatable bonds is 7. The number of fused-ring (bicyclic) bond motifs is 1. The Morgan fingerprint density at radius 2 is 2.03 bits per heavy atom. The number of nitrogens with one attached hydrogen (secondary N) is 1. The van der Waals surface area contributed by atoms with Crippen molar-refractivity contribution in [2.45, 2.75) is 11.8 Å². The van der Waals surface area contributed by atoms with Crippen LogP contribution in [0.1, 0.15) is 12.5 Å². The van der Waals surface area contributed by atoms with Crippen LogP contribution in [-0.4, -0.2) is 17.1 Å². The molecule has 3 rings (SSSR count). The molecule has 0 aliphatic rings. The molecule has 0 atom stereocenters. The van der Waals surface area contributed by atoms with Gasteiger partial charge in [-0.2, -0.15) is 0 Å². The first-order valence-corrected chi connectivity index (χ1v) is 10.1. The number of benzene rings is 1. The van der Waals surface area contributed by atoms with Crippen molar-refractivity contribution in [3.8, 4) is 5.88 Å². The van der Waals surface area contributed by atoms with Gasteiger partial charge in [0, 0.05) is 17.8 Å². The molecule has 0 aliphatic carbocycles. The Hall–Kier alpha value is -3.03. The molecular weight excluding hydrogens is 423 g/mol. The normalized spacial score (nSPS) is 12.5. The van der Waals surface area contributed by atoms with Gasteiger partial charge in [0.25, 0.3) is 0 Å². The first-order chi connectivity index (χ1) is 14.5. The molecule has 0 spiro atoms. The molecule has 2 aromatic heterocycles. The lowest BCUT2D eigenvalue weighted by molar-refractivity contribution is 0.387. The Labute approximate surface area is 183 Å². The zero-order valence-corrected chi connectivity index (χ0v) is 18.0. The van der Waals surface area contributed by atoms with Gasteiger partial charge in [-0.1, -0.05) is 35.9 Å². The summed E-state index contributed by atoms with van der Waals surface area (Å²) in [6.07, 6.45) is 9.03. The number of aromatic nitrogens is 2. The van der Waals surface area contributed by atoms with E-state index in [2.05, 4.69) is 14.7 Å². The molecule has 0 saturated carbocycles. The van der Waals surface area contributed by atoms with Crippen LogP contribution in [0.4, 0.5) is 10.2 Å². The van der Waals surface area contributed by atoms with Crippen molar-refractivity contribution >= 4 is 45.7 Å². The van der Waals surface area contributed by atoms with Crippen LogP contribution in [-0.2, 0) is 0 Å². The van der Waals surface area contributed by atoms with Crippen LogP contribution in [0.25, 0.3) is 16.3 Å². The Bertz CT molecular complexity index is 1150. The molecule has 0 aliphatic heterocycles. The molecule has 2 heterocycles. The van der Waals surface area contributed by atoms with E-state index in [1.807, 2.05) is 37.3 Å². The lowest BCUT2D eigenvalue weighted by atomic mass is 10.0. The SMILES string of the molecule is COc1ncc(Cl)cc1SNC(/C=C\C=C(/C)c1ccc2cc(N)ncc2c1)=C\F. The molecule has 30 heavy (non-hydrogen) atoms. The molecule has 1 aromatic carbocycles. The van der Waals surface area contributed by atoms with Crippen molar-refractivity contribution in [2.75, 3.05) is 12.8 Å². The number of hydrogen-bond acceptors (Lipinski definition) is 6. The van der Waals surface area contributed by atoms with E-state index in [4.69, 9.17) is 22.1 Å². The maximum atomic E-state index is 13.3. The number of pyridine rings is 2. The molecular formula is C22H20ClFN4OS. The molecule has 0 unspecified atom stereocenters. The van der Waals surface area contributed by atoms with Crippen molar-refractivity contribution in [2.24, 2.45) is 0 Å². The number of nitrogens with two attached hydrogens (primary N) is 1. The second-order valence-corrected chi connectivity index (χ2v) is 7.59. The fourth-order valence-corrected chi connectivity index (χ4v) is 3.61. The van der Waals surface area contributed by atoms with Gasteiger partial charge in [0.15, 0.2) is 0 Å². The highest BCUT2D eigenvalue weighted by Crippen LogP contribution is 2.28. The van der Waals surface area contributed by atoms with E-state index in [0.29, 0.717) is 27.9 Å². The topological polar surface area (TPSA) is 73.1 Å². The minimum atomic E-state index is 0.282. The second-order valence-electron chi connectivity index (χ2n) is 6.31. The average molecular weight is 443 g/mol. The highest BCUT2D eigenvalue weighted by Gasteiger charge is 2.07. The van der Waals surface area contributed by atoms with Gasteiger partial charge in [-0.15, -0.1) is 0 Å². The minimum Gasteiger partial charge on any atom is -0.480 e. The smallest absolute Gasteiger partial charge is 0.228 e. The highest BCUT2D eigenvalue weighted by atomic mass is 35.5. The molecule has 0 radical (unpaired) electrons. The summed E-state index contributed by atoms with van der Waals surface area (Å²) < 4.78 is 21.4. The number of halogens is 2. The van der Waals surface area contributed by atoms with Crippen molar-refractivity contribution < 1.29 is 9.13 Å². The van der Waals surface area contributed by atoms with Gasteiger partial charge in [-0.3, -0.25) is 0 Å². The van der Waals surface area contributed by atoms with Crippen molar-refractivity contribution in [1.82, 2.24) is 14.7 Å². The highest BCUT2D eigenvalue weighted by molar-refractivity contribution is 7.97. The summed E-state index contributed by atoms with van der Waals surface area (Å²) in [5, 5.41) is 2.50. The number of hydrogen-bond donors (Lipinski definition) is 2. The summed E-state index contributed by atoms with van der Waals surface area (Å²) in [6, 6.07) is 9.59. The van der Waals surface area contributed by atoms with Crippen LogP contribution in [0.2, 0.25) is 5.02 Å². The van der Waals surface area contributed by atoms with Gasteiger partial charge in [0.1, 0.15) is 12.1 Å². The van der Waals surface area contributed by atoms with E-state index < -0.39 is 0 Å². The molecule has 3 N–H and O–H groups in total. The van der Waals surface area contributed by atoms with Gasteiger partial charge in [0.2, 0.25) is 5.88 Å².